The number of piperidine rings is 1. The van der Waals surface area contributed by atoms with Crippen LogP contribution in [-0.2, 0) is 16.0 Å². The largest absolute Gasteiger partial charge is 0.466 e. The summed E-state index contributed by atoms with van der Waals surface area (Å²) in [4.78, 5) is 39.2. The van der Waals surface area contributed by atoms with Gasteiger partial charge in [-0.25, -0.2) is 4.79 Å². The molecule has 1 N–H and O–H groups in total. The van der Waals surface area contributed by atoms with E-state index in [0.29, 0.717) is 42.1 Å². The first-order valence-corrected chi connectivity index (χ1v) is 10.8. The molecule has 0 aromatic heterocycles. The number of ether oxygens (including phenoxy) is 1. The van der Waals surface area contributed by atoms with Gasteiger partial charge in [-0.05, 0) is 62.9 Å². The highest BCUT2D eigenvalue weighted by atomic mass is 35.5. The first kappa shape index (κ1) is 22.8. The summed E-state index contributed by atoms with van der Waals surface area (Å²) in [5.74, 6) is -0.372. The van der Waals surface area contributed by atoms with Crippen LogP contribution < -0.4 is 5.32 Å². The molecule has 2 amide bonds. The van der Waals surface area contributed by atoms with E-state index in [2.05, 4.69) is 5.32 Å². The number of esters is 1. The maximum Gasteiger partial charge on any atom is 0.321 e. The predicted molar refractivity (Wildman–Crippen MR) is 120 cm³/mol. The first-order chi connectivity index (χ1) is 14.8. The van der Waals surface area contributed by atoms with Gasteiger partial charge >= 0.3 is 12.0 Å². The molecule has 1 aliphatic heterocycles. The molecule has 0 aliphatic carbocycles. The van der Waals surface area contributed by atoms with Gasteiger partial charge in [-0.15, -0.1) is 0 Å². The Kier molecular flexibility index (Phi) is 7.33. The second-order valence-corrected chi connectivity index (χ2v) is 8.34. The Balaban J connectivity index is 1.80. The van der Waals surface area contributed by atoms with E-state index < -0.39 is 5.41 Å². The number of likely N-dealkylation sites (tertiary alicyclic amines) is 1. The summed E-state index contributed by atoms with van der Waals surface area (Å²) in [6.07, 6.45) is 1.75. The van der Waals surface area contributed by atoms with E-state index in [1.807, 2.05) is 18.2 Å². The Morgan fingerprint density at radius 1 is 1.16 bits per heavy atom. The van der Waals surface area contributed by atoms with Crippen molar-refractivity contribution < 1.29 is 19.1 Å². The molecule has 2 aromatic carbocycles. The summed E-state index contributed by atoms with van der Waals surface area (Å²) >= 11 is 6.14. The van der Waals surface area contributed by atoms with Crippen molar-refractivity contribution in [3.8, 4) is 0 Å². The molecule has 3 rings (SSSR count). The number of ketones is 1. The fourth-order valence-corrected chi connectivity index (χ4v) is 4.24. The van der Waals surface area contributed by atoms with Crippen LogP contribution >= 0.6 is 11.6 Å². The molecule has 1 aliphatic rings. The van der Waals surface area contributed by atoms with Crippen molar-refractivity contribution in [1.29, 1.82) is 0 Å². The zero-order valence-corrected chi connectivity index (χ0v) is 18.6. The van der Waals surface area contributed by atoms with Gasteiger partial charge in [0.15, 0.2) is 5.78 Å². The topological polar surface area (TPSA) is 75.7 Å². The molecular weight excluding hydrogens is 416 g/mol. The minimum atomic E-state index is -0.836. The Bertz CT molecular complexity index is 978. The van der Waals surface area contributed by atoms with E-state index >= 15 is 0 Å². The smallest absolute Gasteiger partial charge is 0.321 e. The lowest BCUT2D eigenvalue weighted by Crippen LogP contribution is -2.52. The number of rotatable bonds is 6. The third kappa shape index (κ3) is 5.64. The van der Waals surface area contributed by atoms with Crippen LogP contribution in [0.2, 0.25) is 5.02 Å². The highest BCUT2D eigenvalue weighted by molar-refractivity contribution is 6.30. The van der Waals surface area contributed by atoms with Gasteiger partial charge in [0.25, 0.3) is 0 Å². The number of anilines is 1. The van der Waals surface area contributed by atoms with E-state index in [1.54, 1.807) is 42.2 Å². The van der Waals surface area contributed by atoms with Gasteiger partial charge < -0.3 is 15.0 Å². The van der Waals surface area contributed by atoms with Crippen molar-refractivity contribution in [3.05, 3.63) is 64.7 Å². The molecule has 6 nitrogen and oxygen atoms in total. The van der Waals surface area contributed by atoms with Gasteiger partial charge in [0, 0.05) is 29.4 Å². The maximum absolute atomic E-state index is 13.0. The normalized spacial score (nSPS) is 18.4. The number of Topliss-reactive ketones (excluding diaryl/α,β-unsaturated/α-hetero) is 1. The minimum absolute atomic E-state index is 0.0723. The number of hydrogen-bond donors (Lipinski definition) is 1. The Labute approximate surface area is 187 Å². The summed E-state index contributed by atoms with van der Waals surface area (Å²) in [6, 6.07) is 13.9. The van der Waals surface area contributed by atoms with E-state index in [1.165, 1.54) is 6.92 Å². The number of amides is 2. The molecule has 7 heteroatoms. The van der Waals surface area contributed by atoms with Crippen LogP contribution in [0.1, 0.15) is 42.6 Å². The molecule has 1 atom stereocenters. The Hall–Kier alpha value is -2.86. The van der Waals surface area contributed by atoms with Gasteiger partial charge in [-0.3, -0.25) is 9.59 Å². The van der Waals surface area contributed by atoms with E-state index in [4.69, 9.17) is 16.3 Å². The van der Waals surface area contributed by atoms with Gasteiger partial charge in [0.05, 0.1) is 12.0 Å². The lowest BCUT2D eigenvalue weighted by Gasteiger charge is -2.41. The van der Waals surface area contributed by atoms with Crippen LogP contribution in [0.25, 0.3) is 0 Å². The van der Waals surface area contributed by atoms with Crippen LogP contribution in [0.15, 0.2) is 48.5 Å². The number of nitrogens with one attached hydrogen (secondary N) is 1. The lowest BCUT2D eigenvalue weighted by molar-refractivity contribution is -0.158. The standard InChI is InChI=1S/C24H27ClN2O4/c1-3-31-22(29)24(15-18-7-4-9-20(25)13-18)11-6-12-27(16-24)23(30)26-21-10-5-8-19(14-21)17(2)28/h4-5,7-10,13-14H,3,6,11-12,15-16H2,1-2H3,(H,26,30)/t24-/m0/s1. The Morgan fingerprint density at radius 3 is 2.65 bits per heavy atom. The number of urea groups is 1. The SMILES string of the molecule is CCOC(=O)[C@]1(Cc2cccc(Cl)c2)CCCN(C(=O)Nc2cccc(C(C)=O)c2)C1. The van der Waals surface area contributed by atoms with Crippen molar-refractivity contribution in [2.45, 2.75) is 33.1 Å². The molecule has 0 unspecified atom stereocenters. The predicted octanol–water partition coefficient (Wildman–Crippen LogP) is 4.96. The van der Waals surface area contributed by atoms with Crippen molar-refractivity contribution in [3.63, 3.8) is 0 Å². The summed E-state index contributed by atoms with van der Waals surface area (Å²) < 4.78 is 5.41. The van der Waals surface area contributed by atoms with Gasteiger partial charge in [-0.1, -0.05) is 35.9 Å². The molecule has 31 heavy (non-hydrogen) atoms. The summed E-state index contributed by atoms with van der Waals surface area (Å²) in [7, 11) is 0. The zero-order chi connectivity index (χ0) is 22.4. The molecule has 1 saturated heterocycles. The second kappa shape index (κ2) is 9.96. The van der Waals surface area contributed by atoms with Crippen LogP contribution in [0, 0.1) is 5.41 Å². The Morgan fingerprint density at radius 2 is 1.94 bits per heavy atom. The number of carbonyl (C=O) groups is 3. The average molecular weight is 443 g/mol. The van der Waals surface area contributed by atoms with E-state index in [9.17, 15) is 14.4 Å². The van der Waals surface area contributed by atoms with Crippen molar-refractivity contribution in [1.82, 2.24) is 4.90 Å². The maximum atomic E-state index is 13.0. The van der Waals surface area contributed by atoms with Gasteiger partial charge in [0.2, 0.25) is 0 Å². The number of benzene rings is 2. The molecule has 0 bridgehead atoms. The van der Waals surface area contributed by atoms with Gasteiger partial charge in [-0.2, -0.15) is 0 Å². The molecule has 0 saturated carbocycles. The van der Waals surface area contributed by atoms with Crippen LogP contribution in [0.3, 0.4) is 0 Å². The zero-order valence-electron chi connectivity index (χ0n) is 17.8. The summed E-state index contributed by atoms with van der Waals surface area (Å²) in [6.45, 7) is 4.32. The minimum Gasteiger partial charge on any atom is -0.466 e. The van der Waals surface area contributed by atoms with Crippen molar-refractivity contribution in [2.24, 2.45) is 5.41 Å². The lowest BCUT2D eigenvalue weighted by atomic mass is 9.75. The average Bonchev–Trinajstić information content (AvgIpc) is 2.74. The molecule has 0 radical (unpaired) electrons. The third-order valence-corrected chi connectivity index (χ3v) is 5.76. The fraction of sp³-hybridized carbons (Fsp3) is 0.375. The van der Waals surface area contributed by atoms with E-state index in [0.717, 1.165) is 5.56 Å². The monoisotopic (exact) mass is 442 g/mol. The molecule has 1 heterocycles. The molecule has 2 aromatic rings. The molecule has 164 valence electrons. The van der Waals surface area contributed by atoms with Crippen LogP contribution in [-0.4, -0.2) is 42.4 Å². The fourth-order valence-electron chi connectivity index (χ4n) is 4.03. The first-order valence-electron chi connectivity index (χ1n) is 10.4. The molecule has 0 spiro atoms. The number of carbonyl (C=O) groups excluding carboxylic acids is 3. The number of nitrogens with zero attached hydrogens (tertiary/aromatic N) is 1. The van der Waals surface area contributed by atoms with Gasteiger partial charge in [0.1, 0.15) is 0 Å². The molecular formula is C24H27ClN2O4. The van der Waals surface area contributed by atoms with E-state index in [-0.39, 0.29) is 30.9 Å². The third-order valence-electron chi connectivity index (χ3n) is 5.52. The number of halogens is 1. The second-order valence-electron chi connectivity index (χ2n) is 7.90. The quantitative estimate of drug-likeness (QED) is 0.506. The van der Waals surface area contributed by atoms with Crippen molar-refractivity contribution in [2.75, 3.05) is 25.0 Å². The van der Waals surface area contributed by atoms with Crippen LogP contribution in [0.4, 0.5) is 10.5 Å². The summed E-state index contributed by atoms with van der Waals surface area (Å²) in [5.41, 5.74) is 1.16. The summed E-state index contributed by atoms with van der Waals surface area (Å²) in [5, 5.41) is 3.45. The molecule has 1 fully saturated rings. The highest BCUT2D eigenvalue weighted by Crippen LogP contribution is 2.36. The number of hydrogen-bond acceptors (Lipinski definition) is 4. The highest BCUT2D eigenvalue weighted by Gasteiger charge is 2.44. The van der Waals surface area contributed by atoms with Crippen LogP contribution in [0.5, 0.6) is 0 Å². The van der Waals surface area contributed by atoms with Crippen molar-refractivity contribution >= 4 is 35.1 Å².